The lowest BCUT2D eigenvalue weighted by molar-refractivity contribution is -0.139. The predicted octanol–water partition coefficient (Wildman–Crippen LogP) is 1.94. The van der Waals surface area contributed by atoms with Crippen LogP contribution >= 0.6 is 0 Å². The average molecular weight is 312 g/mol. The molecule has 0 aliphatic rings. The minimum Gasteiger partial charge on any atom is -0.496 e. The molecule has 120 valence electrons. The van der Waals surface area contributed by atoms with E-state index in [0.29, 0.717) is 12.3 Å². The number of hydrogen-bond donors (Lipinski definition) is 2. The van der Waals surface area contributed by atoms with Gasteiger partial charge in [-0.3, -0.25) is 9.59 Å². The molecule has 0 radical (unpaired) electrons. The third-order valence-corrected chi connectivity index (χ3v) is 3.54. The summed E-state index contributed by atoms with van der Waals surface area (Å²) in [6.07, 6.45) is 0. The fourth-order valence-electron chi connectivity index (χ4n) is 2.17. The first-order valence-electron chi connectivity index (χ1n) is 7.34. The molecule has 5 nitrogen and oxygen atoms in total. The van der Waals surface area contributed by atoms with Crippen LogP contribution in [0.5, 0.6) is 5.75 Å². The van der Waals surface area contributed by atoms with Crippen LogP contribution in [0, 0.1) is 6.92 Å². The van der Waals surface area contributed by atoms with E-state index in [1.165, 1.54) is 0 Å². The monoisotopic (exact) mass is 312 g/mol. The molecule has 2 amide bonds. The van der Waals surface area contributed by atoms with Gasteiger partial charge in [-0.15, -0.1) is 0 Å². The number of amides is 2. The Bertz CT molecular complexity index is 698. The lowest BCUT2D eigenvalue weighted by Crippen LogP contribution is -2.39. The van der Waals surface area contributed by atoms with E-state index in [2.05, 4.69) is 10.6 Å². The maximum Gasteiger partial charge on any atom is 0.309 e. The van der Waals surface area contributed by atoms with Gasteiger partial charge in [0.15, 0.2) is 0 Å². The fraction of sp³-hybridized carbons (Fsp3) is 0.222. The van der Waals surface area contributed by atoms with E-state index < -0.39 is 11.8 Å². The highest BCUT2D eigenvalue weighted by atomic mass is 16.5. The normalized spacial score (nSPS) is 10.0. The van der Waals surface area contributed by atoms with Crippen LogP contribution in [0.25, 0.3) is 0 Å². The first-order chi connectivity index (χ1) is 11.1. The van der Waals surface area contributed by atoms with E-state index in [0.717, 1.165) is 16.7 Å². The topological polar surface area (TPSA) is 67.4 Å². The van der Waals surface area contributed by atoms with Crippen LogP contribution < -0.4 is 15.4 Å². The van der Waals surface area contributed by atoms with Gasteiger partial charge >= 0.3 is 11.8 Å². The van der Waals surface area contributed by atoms with Gasteiger partial charge in [0.2, 0.25) is 0 Å². The molecule has 5 heteroatoms. The summed E-state index contributed by atoms with van der Waals surface area (Å²) in [4.78, 5) is 23.7. The molecule has 0 aromatic heterocycles. The van der Waals surface area contributed by atoms with Crippen LogP contribution in [0.15, 0.2) is 48.5 Å². The van der Waals surface area contributed by atoms with E-state index in [9.17, 15) is 9.59 Å². The predicted molar refractivity (Wildman–Crippen MR) is 87.9 cm³/mol. The third-order valence-electron chi connectivity index (χ3n) is 3.54. The van der Waals surface area contributed by atoms with Crippen molar-refractivity contribution in [1.29, 1.82) is 0 Å². The fourth-order valence-corrected chi connectivity index (χ4v) is 2.17. The maximum absolute atomic E-state index is 11.9. The van der Waals surface area contributed by atoms with E-state index in [1.54, 1.807) is 13.2 Å². The van der Waals surface area contributed by atoms with Crippen molar-refractivity contribution in [3.63, 3.8) is 0 Å². The molecule has 0 fully saturated rings. The van der Waals surface area contributed by atoms with Gasteiger partial charge in [-0.05, 0) is 24.1 Å². The number of nitrogens with one attached hydrogen (secondary N) is 2. The number of carbonyl (C=O) groups excluding carboxylic acids is 2. The molecule has 2 rings (SSSR count). The largest absolute Gasteiger partial charge is 0.496 e. The average Bonchev–Trinajstić information content (AvgIpc) is 2.58. The summed E-state index contributed by atoms with van der Waals surface area (Å²) >= 11 is 0. The zero-order chi connectivity index (χ0) is 16.7. The molecular formula is C18H20N2O3. The zero-order valence-corrected chi connectivity index (χ0v) is 13.3. The molecule has 0 aliphatic heterocycles. The Morgan fingerprint density at radius 2 is 1.39 bits per heavy atom. The van der Waals surface area contributed by atoms with Crippen molar-refractivity contribution >= 4 is 11.8 Å². The summed E-state index contributed by atoms with van der Waals surface area (Å²) in [5.74, 6) is -0.638. The molecule has 0 unspecified atom stereocenters. The lowest BCUT2D eigenvalue weighted by atomic mass is 10.1. The van der Waals surface area contributed by atoms with Crippen molar-refractivity contribution < 1.29 is 14.3 Å². The van der Waals surface area contributed by atoms with Gasteiger partial charge in [-0.25, -0.2) is 0 Å². The molecule has 0 bridgehead atoms. The number of carbonyl (C=O) groups is 2. The Hall–Kier alpha value is -2.82. The van der Waals surface area contributed by atoms with Crippen molar-refractivity contribution in [2.75, 3.05) is 7.11 Å². The van der Waals surface area contributed by atoms with Crippen LogP contribution in [0.1, 0.15) is 16.7 Å². The molecule has 0 aliphatic carbocycles. The third kappa shape index (κ3) is 4.57. The summed E-state index contributed by atoms with van der Waals surface area (Å²) in [6, 6.07) is 15.0. The van der Waals surface area contributed by atoms with Crippen molar-refractivity contribution in [3.05, 3.63) is 65.2 Å². The van der Waals surface area contributed by atoms with Crippen molar-refractivity contribution in [3.8, 4) is 5.75 Å². The van der Waals surface area contributed by atoms with Crippen LogP contribution in [0.2, 0.25) is 0 Å². The van der Waals surface area contributed by atoms with Gasteiger partial charge < -0.3 is 15.4 Å². The summed E-state index contributed by atoms with van der Waals surface area (Å²) in [6.45, 7) is 2.53. The Morgan fingerprint density at radius 3 is 2.00 bits per heavy atom. The number of hydrogen-bond acceptors (Lipinski definition) is 3. The highest BCUT2D eigenvalue weighted by Gasteiger charge is 2.13. The molecular weight excluding hydrogens is 292 g/mol. The summed E-state index contributed by atoms with van der Waals surface area (Å²) in [7, 11) is 1.57. The van der Waals surface area contributed by atoms with Crippen molar-refractivity contribution in [2.45, 2.75) is 20.0 Å². The Kier molecular flexibility index (Phi) is 5.74. The maximum atomic E-state index is 11.9. The van der Waals surface area contributed by atoms with E-state index in [1.807, 2.05) is 49.4 Å². The number of benzene rings is 2. The Balaban J connectivity index is 1.86. The standard InChI is InChI=1S/C18H20N2O3/c1-13-7-3-4-8-14(13)11-19-17(21)18(22)20-12-15-9-5-6-10-16(15)23-2/h3-10H,11-12H2,1-2H3,(H,19,21)(H,20,22). The molecule has 2 N–H and O–H groups in total. The van der Waals surface area contributed by atoms with Crippen LogP contribution in [0.4, 0.5) is 0 Å². The van der Waals surface area contributed by atoms with E-state index in [4.69, 9.17) is 4.74 Å². The highest BCUT2D eigenvalue weighted by Crippen LogP contribution is 2.16. The van der Waals surface area contributed by atoms with Crippen LogP contribution in [0.3, 0.4) is 0 Å². The minimum absolute atomic E-state index is 0.237. The van der Waals surface area contributed by atoms with Gasteiger partial charge in [0.05, 0.1) is 7.11 Å². The Morgan fingerprint density at radius 1 is 0.870 bits per heavy atom. The van der Waals surface area contributed by atoms with Crippen LogP contribution in [-0.4, -0.2) is 18.9 Å². The number of aryl methyl sites for hydroxylation is 1. The molecule has 2 aromatic rings. The van der Waals surface area contributed by atoms with Crippen molar-refractivity contribution in [2.24, 2.45) is 0 Å². The number of methoxy groups -OCH3 is 1. The summed E-state index contributed by atoms with van der Waals surface area (Å²) in [5.41, 5.74) is 2.87. The van der Waals surface area contributed by atoms with E-state index in [-0.39, 0.29) is 6.54 Å². The molecule has 0 atom stereocenters. The lowest BCUT2D eigenvalue weighted by Gasteiger charge is -2.10. The summed E-state index contributed by atoms with van der Waals surface area (Å²) in [5, 5.41) is 5.22. The number of para-hydroxylation sites is 1. The zero-order valence-electron chi connectivity index (χ0n) is 13.3. The second kappa shape index (κ2) is 7.98. The van der Waals surface area contributed by atoms with Gasteiger partial charge in [-0.2, -0.15) is 0 Å². The molecule has 0 spiro atoms. The quantitative estimate of drug-likeness (QED) is 0.829. The van der Waals surface area contributed by atoms with Crippen LogP contribution in [-0.2, 0) is 22.7 Å². The van der Waals surface area contributed by atoms with E-state index >= 15 is 0 Å². The second-order valence-corrected chi connectivity index (χ2v) is 5.10. The van der Waals surface area contributed by atoms with Crippen molar-refractivity contribution in [1.82, 2.24) is 10.6 Å². The van der Waals surface area contributed by atoms with Gasteiger partial charge in [0.1, 0.15) is 5.75 Å². The molecule has 2 aromatic carbocycles. The second-order valence-electron chi connectivity index (χ2n) is 5.10. The first kappa shape index (κ1) is 16.5. The number of rotatable bonds is 5. The molecule has 0 heterocycles. The first-order valence-corrected chi connectivity index (χ1v) is 7.34. The Labute approximate surface area is 135 Å². The van der Waals surface area contributed by atoms with Gasteiger partial charge in [0.25, 0.3) is 0 Å². The van der Waals surface area contributed by atoms with Gasteiger partial charge in [0, 0.05) is 18.7 Å². The SMILES string of the molecule is COc1ccccc1CNC(=O)C(=O)NCc1ccccc1C. The molecule has 0 saturated carbocycles. The van der Waals surface area contributed by atoms with Gasteiger partial charge in [-0.1, -0.05) is 42.5 Å². The number of ether oxygens (including phenoxy) is 1. The highest BCUT2D eigenvalue weighted by molar-refractivity contribution is 6.35. The molecule has 23 heavy (non-hydrogen) atoms. The minimum atomic E-state index is -0.663. The summed E-state index contributed by atoms with van der Waals surface area (Å²) < 4.78 is 5.20. The smallest absolute Gasteiger partial charge is 0.309 e. The molecule has 0 saturated heterocycles.